The molecule has 0 radical (unpaired) electrons. The average molecular weight is 514 g/mol. The van der Waals surface area contributed by atoms with Crippen molar-refractivity contribution in [1.82, 2.24) is 9.97 Å². The highest BCUT2D eigenvalue weighted by atomic mass is 16.5. The Labute approximate surface area is 231 Å². The molecule has 0 spiro atoms. The number of hydrogen-bond donors (Lipinski definition) is 0. The van der Waals surface area contributed by atoms with E-state index >= 15 is 0 Å². The Morgan fingerprint density at radius 2 is 1.10 bits per heavy atom. The Hall–Kier alpha value is -5.48. The number of anilines is 3. The van der Waals surface area contributed by atoms with Crippen LogP contribution in [-0.2, 0) is 0 Å². The molecule has 1 aromatic heterocycles. The molecule has 188 valence electrons. The number of ether oxygens (including phenoxy) is 1. The fraction of sp³-hybridized carbons (Fsp3) is 0. The maximum atomic E-state index is 6.21. The second kappa shape index (κ2) is 9.07. The van der Waals surface area contributed by atoms with Crippen molar-refractivity contribution in [2.45, 2.75) is 0 Å². The van der Waals surface area contributed by atoms with Crippen molar-refractivity contribution < 1.29 is 4.74 Å². The first-order chi connectivity index (χ1) is 19.8. The maximum absolute atomic E-state index is 6.21. The third kappa shape index (κ3) is 3.54. The first kappa shape index (κ1) is 22.5. The van der Waals surface area contributed by atoms with Crippen LogP contribution in [0.15, 0.2) is 140 Å². The molecule has 0 bridgehead atoms. The highest BCUT2D eigenvalue weighted by molar-refractivity contribution is 6.06. The van der Waals surface area contributed by atoms with Crippen LogP contribution in [0.5, 0.6) is 11.5 Å². The van der Waals surface area contributed by atoms with Crippen molar-refractivity contribution >= 4 is 38.7 Å². The third-order valence-corrected chi connectivity index (χ3v) is 7.46. The quantitative estimate of drug-likeness (QED) is 0.235. The van der Waals surface area contributed by atoms with Crippen LogP contribution in [-0.4, -0.2) is 9.97 Å². The molecule has 0 saturated carbocycles. The van der Waals surface area contributed by atoms with E-state index in [1.165, 1.54) is 0 Å². The Morgan fingerprint density at radius 3 is 1.90 bits per heavy atom. The van der Waals surface area contributed by atoms with Crippen LogP contribution in [0, 0.1) is 0 Å². The van der Waals surface area contributed by atoms with Crippen LogP contribution in [0.25, 0.3) is 44.3 Å². The van der Waals surface area contributed by atoms with Crippen molar-refractivity contribution in [2.24, 2.45) is 0 Å². The SMILES string of the molecule is c1ccc(N(c2ccccc2)c2cccc3c(-c4nc5c6c(cccc6n4)Oc4ccccc4-5)cccc23)cc1. The molecule has 6 aromatic carbocycles. The lowest BCUT2D eigenvalue weighted by atomic mass is 9.99. The molecule has 0 saturated heterocycles. The summed E-state index contributed by atoms with van der Waals surface area (Å²) in [6, 6.07) is 47.9. The number of aromatic nitrogens is 2. The molecule has 1 aliphatic rings. The molecule has 0 N–H and O–H groups in total. The number of para-hydroxylation sites is 3. The smallest absolute Gasteiger partial charge is 0.161 e. The molecule has 7 aromatic rings. The predicted octanol–water partition coefficient (Wildman–Crippen LogP) is 9.69. The Morgan fingerprint density at radius 1 is 0.475 bits per heavy atom. The summed E-state index contributed by atoms with van der Waals surface area (Å²) >= 11 is 0. The van der Waals surface area contributed by atoms with Gasteiger partial charge in [-0.25, -0.2) is 9.97 Å². The normalized spacial score (nSPS) is 11.7. The van der Waals surface area contributed by atoms with Crippen molar-refractivity contribution in [1.29, 1.82) is 0 Å². The summed E-state index contributed by atoms with van der Waals surface area (Å²) in [5.41, 5.74) is 7.04. The fourth-order valence-corrected chi connectivity index (χ4v) is 5.69. The minimum absolute atomic E-state index is 0.699. The van der Waals surface area contributed by atoms with Gasteiger partial charge in [0, 0.05) is 27.9 Å². The van der Waals surface area contributed by atoms with Gasteiger partial charge >= 0.3 is 0 Å². The van der Waals surface area contributed by atoms with E-state index in [1.54, 1.807) is 0 Å². The van der Waals surface area contributed by atoms with Gasteiger partial charge in [-0.1, -0.05) is 84.9 Å². The summed E-state index contributed by atoms with van der Waals surface area (Å²) in [6.07, 6.45) is 0. The van der Waals surface area contributed by atoms with Crippen LogP contribution in [0.1, 0.15) is 0 Å². The Bertz CT molecular complexity index is 2000. The first-order valence-corrected chi connectivity index (χ1v) is 13.4. The molecule has 8 rings (SSSR count). The van der Waals surface area contributed by atoms with Crippen LogP contribution in [0.3, 0.4) is 0 Å². The summed E-state index contributed by atoms with van der Waals surface area (Å²) in [5.74, 6) is 2.30. The number of nitrogens with zero attached hydrogens (tertiary/aromatic N) is 3. The summed E-state index contributed by atoms with van der Waals surface area (Å²) in [7, 11) is 0. The molecule has 0 aliphatic carbocycles. The summed E-state index contributed by atoms with van der Waals surface area (Å²) in [4.78, 5) is 12.5. The van der Waals surface area contributed by atoms with Gasteiger partial charge in [0.15, 0.2) is 5.82 Å². The minimum atomic E-state index is 0.699. The van der Waals surface area contributed by atoms with Gasteiger partial charge in [0.05, 0.1) is 22.3 Å². The van der Waals surface area contributed by atoms with Gasteiger partial charge in [-0.2, -0.15) is 0 Å². The molecular formula is C36H23N3O. The molecule has 40 heavy (non-hydrogen) atoms. The molecule has 0 fully saturated rings. The highest BCUT2D eigenvalue weighted by Crippen LogP contribution is 2.46. The molecule has 2 heterocycles. The second-order valence-electron chi connectivity index (χ2n) is 9.83. The van der Waals surface area contributed by atoms with Gasteiger partial charge in [0.1, 0.15) is 11.5 Å². The molecule has 0 atom stereocenters. The number of benzene rings is 6. The van der Waals surface area contributed by atoms with Crippen LogP contribution < -0.4 is 9.64 Å². The van der Waals surface area contributed by atoms with Gasteiger partial charge in [-0.05, 0) is 60.0 Å². The Balaban J connectivity index is 1.37. The molecule has 0 amide bonds. The zero-order valence-electron chi connectivity index (χ0n) is 21.5. The van der Waals surface area contributed by atoms with E-state index < -0.39 is 0 Å². The van der Waals surface area contributed by atoms with Crippen LogP contribution in [0.2, 0.25) is 0 Å². The lowest BCUT2D eigenvalue weighted by Crippen LogP contribution is -2.10. The van der Waals surface area contributed by atoms with Gasteiger partial charge in [-0.15, -0.1) is 0 Å². The van der Waals surface area contributed by atoms with Crippen LogP contribution in [0.4, 0.5) is 17.1 Å². The summed E-state index contributed by atoms with van der Waals surface area (Å²) in [6.45, 7) is 0. The topological polar surface area (TPSA) is 38.2 Å². The summed E-state index contributed by atoms with van der Waals surface area (Å²) in [5, 5.41) is 3.17. The van der Waals surface area contributed by atoms with E-state index in [-0.39, 0.29) is 0 Å². The highest BCUT2D eigenvalue weighted by Gasteiger charge is 2.24. The van der Waals surface area contributed by atoms with E-state index in [4.69, 9.17) is 14.7 Å². The first-order valence-electron chi connectivity index (χ1n) is 13.4. The van der Waals surface area contributed by atoms with Gasteiger partial charge in [0.2, 0.25) is 0 Å². The zero-order valence-corrected chi connectivity index (χ0v) is 21.5. The minimum Gasteiger partial charge on any atom is -0.456 e. The third-order valence-electron chi connectivity index (χ3n) is 7.46. The standard InChI is InChI=1S/C36H23N3O/c1-3-12-24(13-4-1)39(25-14-5-2-6-15-25)31-21-10-17-26-27(31)18-9-19-28(26)36-37-30-20-11-23-33-34(30)35(38-36)29-16-7-8-22-32(29)40-33/h1-23H. The lowest BCUT2D eigenvalue weighted by Gasteiger charge is -2.27. The molecule has 1 aliphatic heterocycles. The van der Waals surface area contributed by atoms with E-state index in [2.05, 4.69) is 95.9 Å². The Kier molecular flexibility index (Phi) is 5.10. The second-order valence-corrected chi connectivity index (χ2v) is 9.83. The van der Waals surface area contributed by atoms with Crippen molar-refractivity contribution in [2.75, 3.05) is 4.90 Å². The maximum Gasteiger partial charge on any atom is 0.161 e. The largest absolute Gasteiger partial charge is 0.456 e. The van der Waals surface area contributed by atoms with Crippen LogP contribution >= 0.6 is 0 Å². The molecule has 4 heteroatoms. The van der Waals surface area contributed by atoms with Crippen molar-refractivity contribution in [3.8, 4) is 34.1 Å². The zero-order chi connectivity index (χ0) is 26.5. The van der Waals surface area contributed by atoms with E-state index in [9.17, 15) is 0 Å². The summed E-state index contributed by atoms with van der Waals surface area (Å²) < 4.78 is 6.21. The van der Waals surface area contributed by atoms with Crippen molar-refractivity contribution in [3.63, 3.8) is 0 Å². The number of rotatable bonds is 4. The monoisotopic (exact) mass is 513 g/mol. The number of hydrogen-bond acceptors (Lipinski definition) is 4. The van der Waals surface area contributed by atoms with Crippen molar-refractivity contribution in [3.05, 3.63) is 140 Å². The van der Waals surface area contributed by atoms with E-state index in [0.717, 1.165) is 67.1 Å². The predicted molar refractivity (Wildman–Crippen MR) is 163 cm³/mol. The fourth-order valence-electron chi connectivity index (χ4n) is 5.69. The van der Waals surface area contributed by atoms with E-state index in [0.29, 0.717) is 5.82 Å². The van der Waals surface area contributed by atoms with E-state index in [1.807, 2.05) is 48.5 Å². The molecule has 4 nitrogen and oxygen atoms in total. The molecular weight excluding hydrogens is 490 g/mol. The van der Waals surface area contributed by atoms with Gasteiger partial charge < -0.3 is 9.64 Å². The van der Waals surface area contributed by atoms with Gasteiger partial charge in [0.25, 0.3) is 0 Å². The average Bonchev–Trinajstić information content (AvgIpc) is 3.02. The number of fused-ring (bicyclic) bond motifs is 3. The lowest BCUT2D eigenvalue weighted by molar-refractivity contribution is 0.486. The molecule has 0 unspecified atom stereocenters. The van der Waals surface area contributed by atoms with Gasteiger partial charge in [-0.3, -0.25) is 0 Å².